The van der Waals surface area contributed by atoms with Gasteiger partial charge in [-0.3, -0.25) is 14.5 Å². The molecule has 1 atom stereocenters. The van der Waals surface area contributed by atoms with Gasteiger partial charge in [0.15, 0.2) is 5.43 Å². The minimum absolute atomic E-state index is 0.0529. The van der Waals surface area contributed by atoms with Gasteiger partial charge in [0.25, 0.3) is 0 Å². The van der Waals surface area contributed by atoms with Gasteiger partial charge in [-0.05, 0) is 57.2 Å². The smallest absolute Gasteiger partial charge is 0.243 e. The largest absolute Gasteiger partial charge is 0.357 e. The number of benzene rings is 1. The van der Waals surface area contributed by atoms with Crippen LogP contribution in [0.25, 0.3) is 10.9 Å². The number of carbonyl (C=O) groups excluding carboxylic acids is 1. The number of rotatable bonds is 3. The van der Waals surface area contributed by atoms with Crippen molar-refractivity contribution in [1.29, 1.82) is 0 Å². The first kappa shape index (κ1) is 16.1. The molecular formula is C21H25N3O2. The highest BCUT2D eigenvalue weighted by atomic mass is 16.2. The Balaban J connectivity index is 1.46. The van der Waals surface area contributed by atoms with Crippen LogP contribution in [0.1, 0.15) is 44.2 Å². The van der Waals surface area contributed by atoms with Gasteiger partial charge in [-0.1, -0.05) is 12.1 Å². The molecule has 5 heteroatoms. The van der Waals surface area contributed by atoms with E-state index in [1.165, 1.54) is 12.8 Å². The maximum absolute atomic E-state index is 13.3. The zero-order chi connectivity index (χ0) is 17.7. The fourth-order valence-electron chi connectivity index (χ4n) is 4.99. The highest BCUT2D eigenvalue weighted by Gasteiger charge is 2.53. The second kappa shape index (κ2) is 5.95. The molecule has 5 nitrogen and oxygen atoms in total. The summed E-state index contributed by atoms with van der Waals surface area (Å²) in [7, 11) is 0. The van der Waals surface area contributed by atoms with E-state index < -0.39 is 0 Å². The molecule has 0 bridgehead atoms. The van der Waals surface area contributed by atoms with Crippen LogP contribution in [0.4, 0.5) is 0 Å². The van der Waals surface area contributed by atoms with E-state index in [1.807, 2.05) is 24.3 Å². The molecule has 1 spiro atoms. The van der Waals surface area contributed by atoms with Crippen LogP contribution in [0.2, 0.25) is 0 Å². The number of aromatic nitrogens is 1. The molecule has 2 aliphatic heterocycles. The lowest BCUT2D eigenvalue weighted by Crippen LogP contribution is -2.60. The van der Waals surface area contributed by atoms with Gasteiger partial charge in [-0.15, -0.1) is 0 Å². The number of piperidine rings is 1. The number of H-pyrrole nitrogens is 1. The molecule has 2 aromatic rings. The normalized spacial score (nSPS) is 26.9. The molecule has 0 radical (unpaired) electrons. The van der Waals surface area contributed by atoms with E-state index >= 15 is 0 Å². The third-order valence-electron chi connectivity index (χ3n) is 6.41. The number of carbonyl (C=O) groups is 1. The monoisotopic (exact) mass is 351 g/mol. The molecule has 1 unspecified atom stereocenters. The predicted octanol–water partition coefficient (Wildman–Crippen LogP) is 2.65. The van der Waals surface area contributed by atoms with Gasteiger partial charge in [0, 0.05) is 41.8 Å². The van der Waals surface area contributed by atoms with Gasteiger partial charge < -0.3 is 9.88 Å². The van der Waals surface area contributed by atoms with E-state index in [1.54, 1.807) is 6.07 Å². The lowest BCUT2D eigenvalue weighted by atomic mass is 9.85. The Bertz CT molecular complexity index is 917. The first-order valence-electron chi connectivity index (χ1n) is 9.84. The second-order valence-corrected chi connectivity index (χ2v) is 8.09. The van der Waals surface area contributed by atoms with Crippen LogP contribution in [-0.4, -0.2) is 45.4 Å². The molecule has 3 aliphatic rings. The Labute approximate surface area is 153 Å². The Kier molecular flexibility index (Phi) is 3.67. The number of hydrogen-bond donors (Lipinski definition) is 1. The van der Waals surface area contributed by atoms with Gasteiger partial charge in [0.2, 0.25) is 5.91 Å². The zero-order valence-corrected chi connectivity index (χ0v) is 15.0. The number of nitrogens with one attached hydrogen (secondary N) is 1. The average Bonchev–Trinajstić information content (AvgIpc) is 3.41. The van der Waals surface area contributed by atoms with Gasteiger partial charge in [0.05, 0.1) is 0 Å². The Hall–Kier alpha value is -2.14. The number of fused-ring (bicyclic) bond motifs is 1. The van der Waals surface area contributed by atoms with Crippen LogP contribution in [0.3, 0.4) is 0 Å². The highest BCUT2D eigenvalue weighted by molar-refractivity contribution is 5.88. The molecule has 136 valence electrons. The molecule has 1 aromatic heterocycles. The summed E-state index contributed by atoms with van der Waals surface area (Å²) in [6.07, 6.45) is 6.38. The van der Waals surface area contributed by atoms with Crippen molar-refractivity contribution in [1.82, 2.24) is 14.8 Å². The molecule has 1 aromatic carbocycles. The van der Waals surface area contributed by atoms with Crippen molar-refractivity contribution >= 4 is 16.8 Å². The van der Waals surface area contributed by atoms with Crippen molar-refractivity contribution in [2.45, 2.75) is 56.7 Å². The number of amides is 1. The van der Waals surface area contributed by atoms with Crippen LogP contribution in [0.5, 0.6) is 0 Å². The summed E-state index contributed by atoms with van der Waals surface area (Å²) in [6.45, 7) is 2.50. The van der Waals surface area contributed by atoms with Crippen molar-refractivity contribution in [3.63, 3.8) is 0 Å². The summed E-state index contributed by atoms with van der Waals surface area (Å²) < 4.78 is 0. The van der Waals surface area contributed by atoms with E-state index in [4.69, 9.17) is 0 Å². The SMILES string of the molecule is O=C1N(C2CC2)CCCC12CCCN2Cc1cc(=O)c2ccccc2[nH]1. The summed E-state index contributed by atoms with van der Waals surface area (Å²) >= 11 is 0. The fourth-order valence-corrected chi connectivity index (χ4v) is 4.99. The number of likely N-dealkylation sites (tertiary alicyclic amines) is 2. The zero-order valence-electron chi connectivity index (χ0n) is 15.0. The topological polar surface area (TPSA) is 56.4 Å². The summed E-state index contributed by atoms with van der Waals surface area (Å²) in [4.78, 5) is 33.7. The molecule has 3 fully saturated rings. The predicted molar refractivity (Wildman–Crippen MR) is 101 cm³/mol. The Morgan fingerprint density at radius 2 is 1.85 bits per heavy atom. The second-order valence-electron chi connectivity index (χ2n) is 8.09. The number of aromatic amines is 1. The van der Waals surface area contributed by atoms with Crippen molar-refractivity contribution in [3.05, 3.63) is 46.2 Å². The minimum Gasteiger partial charge on any atom is -0.357 e. The number of nitrogens with zero attached hydrogens (tertiary/aromatic N) is 2. The van der Waals surface area contributed by atoms with Gasteiger partial charge >= 0.3 is 0 Å². The molecule has 1 aliphatic carbocycles. The van der Waals surface area contributed by atoms with Crippen LogP contribution in [-0.2, 0) is 11.3 Å². The lowest BCUT2D eigenvalue weighted by molar-refractivity contribution is -0.148. The Morgan fingerprint density at radius 1 is 1.08 bits per heavy atom. The first-order valence-corrected chi connectivity index (χ1v) is 9.84. The quantitative estimate of drug-likeness (QED) is 0.925. The van der Waals surface area contributed by atoms with E-state index in [0.29, 0.717) is 18.5 Å². The van der Waals surface area contributed by atoms with E-state index in [2.05, 4.69) is 14.8 Å². The van der Waals surface area contributed by atoms with Crippen LogP contribution < -0.4 is 5.43 Å². The third kappa shape index (κ3) is 2.49. The van der Waals surface area contributed by atoms with E-state index in [-0.39, 0.29) is 11.0 Å². The number of hydrogen-bond acceptors (Lipinski definition) is 3. The molecule has 2 saturated heterocycles. The van der Waals surface area contributed by atoms with Gasteiger partial charge in [0.1, 0.15) is 5.54 Å². The lowest BCUT2D eigenvalue weighted by Gasteiger charge is -2.45. The van der Waals surface area contributed by atoms with Gasteiger partial charge in [-0.25, -0.2) is 0 Å². The molecular weight excluding hydrogens is 326 g/mol. The highest BCUT2D eigenvalue weighted by Crippen LogP contribution is 2.42. The molecule has 1 N–H and O–H groups in total. The average molecular weight is 351 g/mol. The minimum atomic E-state index is -0.344. The molecule has 3 heterocycles. The van der Waals surface area contributed by atoms with E-state index in [0.717, 1.165) is 55.4 Å². The van der Waals surface area contributed by atoms with Crippen LogP contribution in [0, 0.1) is 0 Å². The molecule has 26 heavy (non-hydrogen) atoms. The Morgan fingerprint density at radius 3 is 2.65 bits per heavy atom. The fraction of sp³-hybridized carbons (Fsp3) is 0.524. The first-order chi connectivity index (χ1) is 12.7. The van der Waals surface area contributed by atoms with Crippen molar-refractivity contribution < 1.29 is 4.79 Å². The number of pyridine rings is 1. The summed E-state index contributed by atoms with van der Waals surface area (Å²) in [5.74, 6) is 0.340. The van der Waals surface area contributed by atoms with Crippen molar-refractivity contribution in [2.24, 2.45) is 0 Å². The molecule has 5 rings (SSSR count). The maximum atomic E-state index is 13.3. The van der Waals surface area contributed by atoms with Crippen molar-refractivity contribution in [3.8, 4) is 0 Å². The molecule has 1 amide bonds. The third-order valence-corrected chi connectivity index (χ3v) is 6.41. The van der Waals surface area contributed by atoms with Gasteiger partial charge in [-0.2, -0.15) is 0 Å². The summed E-state index contributed by atoms with van der Waals surface area (Å²) in [6, 6.07) is 9.83. The van der Waals surface area contributed by atoms with Crippen LogP contribution in [0.15, 0.2) is 35.1 Å². The molecule has 1 saturated carbocycles. The maximum Gasteiger partial charge on any atom is 0.243 e. The van der Waals surface area contributed by atoms with Crippen molar-refractivity contribution in [2.75, 3.05) is 13.1 Å². The number of para-hydroxylation sites is 1. The summed E-state index contributed by atoms with van der Waals surface area (Å²) in [5.41, 5.74) is 1.49. The standard InChI is InChI=1S/C21H25N3O2/c25-19-13-15(22-18-6-2-1-5-17(18)19)14-23-11-3-9-21(23)10-4-12-24(20(21)26)16-7-8-16/h1-2,5-6,13,16H,3-4,7-12,14H2,(H,22,25). The summed E-state index contributed by atoms with van der Waals surface area (Å²) in [5, 5.41) is 0.723. The van der Waals surface area contributed by atoms with Crippen LogP contribution >= 0.6 is 0 Å². The van der Waals surface area contributed by atoms with E-state index in [9.17, 15) is 9.59 Å².